The maximum Gasteiger partial charge on any atom is 0.338 e. The highest BCUT2D eigenvalue weighted by atomic mass is 16.5. The van der Waals surface area contributed by atoms with Crippen molar-refractivity contribution in [3.05, 3.63) is 35.9 Å². The van der Waals surface area contributed by atoms with E-state index < -0.39 is 0 Å². The van der Waals surface area contributed by atoms with Gasteiger partial charge in [0.1, 0.15) is 6.10 Å². The first-order valence-electron chi connectivity index (χ1n) is 11.9. The maximum atomic E-state index is 12.5. The molecule has 4 nitrogen and oxygen atoms in total. The molecule has 0 aliphatic heterocycles. The largest absolute Gasteiger partial charge is 0.459 e. The number of hydrogen-bond donors (Lipinski definition) is 1. The standard InChI is InChI=1S/C26H35NO3/c1-25-14-12-19(30-24(28)17-6-4-3-5-7-17)16-18(25)8-9-20-21-10-11-23(27-29)26(21,2)15-13-22(20)25/h3-7,18-22,29H,8-16H2,1-2H3/b27-23+/t18-,19+,20-,21+,22-,25-,26-/m0/s1. The Morgan fingerprint density at radius 2 is 1.83 bits per heavy atom. The second-order valence-electron chi connectivity index (χ2n) is 10.9. The lowest BCUT2D eigenvalue weighted by Crippen LogP contribution is -2.54. The van der Waals surface area contributed by atoms with E-state index in [0.717, 1.165) is 49.7 Å². The zero-order chi connectivity index (χ0) is 20.9. The lowest BCUT2D eigenvalue weighted by atomic mass is 9.45. The topological polar surface area (TPSA) is 58.9 Å². The Morgan fingerprint density at radius 3 is 2.60 bits per heavy atom. The number of esters is 1. The van der Waals surface area contributed by atoms with E-state index in [0.29, 0.717) is 22.8 Å². The average molecular weight is 410 g/mol. The number of fused-ring (bicyclic) bond motifs is 5. The summed E-state index contributed by atoms with van der Waals surface area (Å²) < 4.78 is 5.94. The van der Waals surface area contributed by atoms with Crippen molar-refractivity contribution in [3.8, 4) is 0 Å². The van der Waals surface area contributed by atoms with Crippen LogP contribution in [0.15, 0.2) is 35.5 Å². The van der Waals surface area contributed by atoms with Crippen LogP contribution in [-0.4, -0.2) is 23.0 Å². The maximum absolute atomic E-state index is 12.5. The molecule has 4 saturated carbocycles. The first kappa shape index (κ1) is 20.1. The lowest BCUT2D eigenvalue weighted by Gasteiger charge is -2.60. The summed E-state index contributed by atoms with van der Waals surface area (Å²) in [4.78, 5) is 12.5. The van der Waals surface area contributed by atoms with Gasteiger partial charge in [-0.15, -0.1) is 0 Å². The highest BCUT2D eigenvalue weighted by Gasteiger charge is 2.59. The monoisotopic (exact) mass is 409 g/mol. The van der Waals surface area contributed by atoms with Crippen molar-refractivity contribution in [2.75, 3.05) is 0 Å². The average Bonchev–Trinajstić information content (AvgIpc) is 3.11. The molecule has 1 aromatic carbocycles. The van der Waals surface area contributed by atoms with Crippen molar-refractivity contribution >= 4 is 11.7 Å². The molecule has 0 aromatic heterocycles. The van der Waals surface area contributed by atoms with E-state index in [2.05, 4.69) is 19.0 Å². The SMILES string of the molecule is C[C@]12CC[C@@H](OC(=O)c3ccccc3)C[C@@H]1CC[C@H]1[C@H]3CC/C(=N\O)[C@@]3(C)CC[C@@H]12. The molecule has 7 atom stereocenters. The number of nitrogens with zero attached hydrogens (tertiary/aromatic N) is 1. The summed E-state index contributed by atoms with van der Waals surface area (Å²) in [7, 11) is 0. The van der Waals surface area contributed by atoms with E-state index >= 15 is 0 Å². The van der Waals surface area contributed by atoms with Crippen LogP contribution < -0.4 is 0 Å². The van der Waals surface area contributed by atoms with Crippen molar-refractivity contribution in [2.24, 2.45) is 39.7 Å². The summed E-state index contributed by atoms with van der Waals surface area (Å²) in [6, 6.07) is 9.39. The number of ether oxygens (including phenoxy) is 1. The Bertz CT molecular complexity index is 836. The molecule has 162 valence electrons. The Labute approximate surface area is 180 Å². The van der Waals surface area contributed by atoms with Gasteiger partial charge < -0.3 is 9.94 Å². The summed E-state index contributed by atoms with van der Waals surface area (Å²) >= 11 is 0. The molecule has 0 spiro atoms. The fraction of sp³-hybridized carbons (Fsp3) is 0.692. The number of carbonyl (C=O) groups is 1. The van der Waals surface area contributed by atoms with E-state index in [1.807, 2.05) is 30.3 Å². The van der Waals surface area contributed by atoms with Crippen molar-refractivity contribution < 1.29 is 14.7 Å². The molecule has 4 fully saturated rings. The fourth-order valence-electron chi connectivity index (χ4n) is 8.07. The van der Waals surface area contributed by atoms with Gasteiger partial charge in [0.25, 0.3) is 0 Å². The molecule has 30 heavy (non-hydrogen) atoms. The summed E-state index contributed by atoms with van der Waals surface area (Å²) in [6.07, 6.45) is 10.3. The van der Waals surface area contributed by atoms with Crippen LogP contribution in [0, 0.1) is 34.5 Å². The normalized spacial score (nSPS) is 44.1. The summed E-state index contributed by atoms with van der Waals surface area (Å²) in [6.45, 7) is 4.88. The second-order valence-corrected chi connectivity index (χ2v) is 10.9. The van der Waals surface area contributed by atoms with Gasteiger partial charge in [0, 0.05) is 5.41 Å². The molecular formula is C26H35NO3. The van der Waals surface area contributed by atoms with Gasteiger partial charge in [-0.05, 0) is 99.0 Å². The minimum absolute atomic E-state index is 0.0563. The first-order chi connectivity index (χ1) is 14.5. The molecule has 4 aliphatic rings. The minimum Gasteiger partial charge on any atom is -0.459 e. The number of benzene rings is 1. The number of carbonyl (C=O) groups excluding carboxylic acids is 1. The quantitative estimate of drug-likeness (QED) is 0.365. The van der Waals surface area contributed by atoms with Gasteiger partial charge >= 0.3 is 5.97 Å². The van der Waals surface area contributed by atoms with Gasteiger partial charge in [-0.2, -0.15) is 0 Å². The summed E-state index contributed by atoms with van der Waals surface area (Å²) in [5.41, 5.74) is 2.18. The van der Waals surface area contributed by atoms with Gasteiger partial charge in [-0.25, -0.2) is 4.79 Å². The molecule has 0 amide bonds. The van der Waals surface area contributed by atoms with Crippen LogP contribution in [0.25, 0.3) is 0 Å². The van der Waals surface area contributed by atoms with Gasteiger partial charge in [0.2, 0.25) is 0 Å². The fourth-order valence-corrected chi connectivity index (χ4v) is 8.07. The van der Waals surface area contributed by atoms with Crippen LogP contribution in [-0.2, 0) is 4.74 Å². The molecule has 0 unspecified atom stereocenters. The predicted octanol–water partition coefficient (Wildman–Crippen LogP) is 6.08. The lowest BCUT2D eigenvalue weighted by molar-refractivity contribution is -0.116. The van der Waals surface area contributed by atoms with Crippen LogP contribution in [0.2, 0.25) is 0 Å². The predicted molar refractivity (Wildman–Crippen MR) is 117 cm³/mol. The Hall–Kier alpha value is -1.84. The van der Waals surface area contributed by atoms with Crippen molar-refractivity contribution in [2.45, 2.75) is 77.7 Å². The molecule has 4 heteroatoms. The second kappa shape index (κ2) is 7.39. The van der Waals surface area contributed by atoms with E-state index in [-0.39, 0.29) is 17.5 Å². The number of hydrogen-bond acceptors (Lipinski definition) is 4. The molecule has 5 rings (SSSR count). The van der Waals surface area contributed by atoms with E-state index in [4.69, 9.17) is 4.74 Å². The summed E-state index contributed by atoms with van der Waals surface area (Å²) in [5, 5.41) is 13.2. The molecule has 0 bridgehead atoms. The van der Waals surface area contributed by atoms with Gasteiger partial charge in [0.05, 0.1) is 11.3 Å². The number of rotatable bonds is 2. The zero-order valence-electron chi connectivity index (χ0n) is 18.3. The van der Waals surface area contributed by atoms with Crippen LogP contribution >= 0.6 is 0 Å². The van der Waals surface area contributed by atoms with E-state index in [9.17, 15) is 10.0 Å². The van der Waals surface area contributed by atoms with Gasteiger partial charge in [-0.1, -0.05) is 37.2 Å². The van der Waals surface area contributed by atoms with Crippen molar-refractivity contribution in [3.63, 3.8) is 0 Å². The first-order valence-corrected chi connectivity index (χ1v) is 11.9. The third-order valence-electron chi connectivity index (χ3n) is 9.76. The molecule has 1 N–H and O–H groups in total. The van der Waals surface area contributed by atoms with Crippen LogP contribution in [0.4, 0.5) is 0 Å². The molecular weight excluding hydrogens is 374 g/mol. The van der Waals surface area contributed by atoms with Gasteiger partial charge in [0.15, 0.2) is 0 Å². The highest BCUT2D eigenvalue weighted by molar-refractivity contribution is 5.92. The molecule has 4 aliphatic carbocycles. The summed E-state index contributed by atoms with van der Waals surface area (Å²) in [5.74, 6) is 2.67. The highest BCUT2D eigenvalue weighted by Crippen LogP contribution is 2.65. The van der Waals surface area contributed by atoms with E-state index in [1.54, 1.807) is 0 Å². The molecule has 1 aromatic rings. The Morgan fingerprint density at radius 1 is 1.03 bits per heavy atom. The van der Waals surface area contributed by atoms with Crippen LogP contribution in [0.3, 0.4) is 0 Å². The number of oxime groups is 1. The zero-order valence-corrected chi connectivity index (χ0v) is 18.3. The Kier molecular flexibility index (Phi) is 4.95. The van der Waals surface area contributed by atoms with Crippen molar-refractivity contribution in [1.29, 1.82) is 0 Å². The molecule has 0 radical (unpaired) electrons. The third kappa shape index (κ3) is 3.01. The smallest absolute Gasteiger partial charge is 0.338 e. The molecule has 0 heterocycles. The molecule has 0 saturated heterocycles. The van der Waals surface area contributed by atoms with E-state index in [1.165, 1.54) is 25.7 Å². The Balaban J connectivity index is 1.29. The minimum atomic E-state index is -0.173. The van der Waals surface area contributed by atoms with Crippen LogP contribution in [0.5, 0.6) is 0 Å². The third-order valence-corrected chi connectivity index (χ3v) is 9.76. The van der Waals surface area contributed by atoms with Gasteiger partial charge in [-0.3, -0.25) is 0 Å². The van der Waals surface area contributed by atoms with Crippen LogP contribution in [0.1, 0.15) is 82.0 Å². The van der Waals surface area contributed by atoms with Crippen molar-refractivity contribution in [1.82, 2.24) is 0 Å².